The lowest BCUT2D eigenvalue weighted by Crippen LogP contribution is -2.29. The Bertz CT molecular complexity index is 300. The van der Waals surface area contributed by atoms with Crippen molar-refractivity contribution in [2.75, 3.05) is 13.2 Å². The van der Waals surface area contributed by atoms with E-state index in [-0.39, 0.29) is 5.38 Å². The van der Waals surface area contributed by atoms with Crippen LogP contribution in [0.4, 0.5) is 0 Å². The molecule has 0 aromatic carbocycles. The third-order valence-corrected chi connectivity index (χ3v) is 4.50. The van der Waals surface area contributed by atoms with E-state index in [9.17, 15) is 0 Å². The Morgan fingerprint density at radius 3 is 3.07 bits per heavy atom. The molecule has 4 heteroatoms. The molecule has 1 aliphatic rings. The molecule has 1 fully saturated rings. The number of rotatable bonds is 2. The van der Waals surface area contributed by atoms with Gasteiger partial charge >= 0.3 is 0 Å². The molecule has 0 aliphatic carbocycles. The number of alkyl halides is 1. The van der Waals surface area contributed by atoms with Crippen molar-refractivity contribution in [1.29, 1.82) is 0 Å². The van der Waals surface area contributed by atoms with E-state index in [1.807, 2.05) is 11.4 Å². The van der Waals surface area contributed by atoms with Gasteiger partial charge in [0.15, 0.2) is 0 Å². The van der Waals surface area contributed by atoms with Gasteiger partial charge < -0.3 is 4.74 Å². The maximum absolute atomic E-state index is 6.23. The average molecular weight is 251 g/mol. The van der Waals surface area contributed by atoms with Gasteiger partial charge in [0.25, 0.3) is 0 Å². The van der Waals surface area contributed by atoms with Crippen LogP contribution >= 0.6 is 34.5 Å². The van der Waals surface area contributed by atoms with E-state index >= 15 is 0 Å². The molecule has 2 heterocycles. The first-order valence-corrected chi connectivity index (χ1v) is 6.40. The van der Waals surface area contributed by atoms with Gasteiger partial charge in [0.05, 0.1) is 11.6 Å². The highest BCUT2D eigenvalue weighted by Crippen LogP contribution is 2.30. The lowest BCUT2D eigenvalue weighted by molar-refractivity contribution is 0.0581. The molecule has 0 N–H and O–H groups in total. The minimum atomic E-state index is 0.238. The second-order valence-corrected chi connectivity index (χ2v) is 5.50. The molecule has 1 nitrogen and oxygen atoms in total. The van der Waals surface area contributed by atoms with Gasteiger partial charge in [-0.25, -0.2) is 0 Å². The monoisotopic (exact) mass is 250 g/mol. The molecule has 0 bridgehead atoms. The Hall–Kier alpha value is 0.240. The highest BCUT2D eigenvalue weighted by atomic mass is 35.5. The lowest BCUT2D eigenvalue weighted by atomic mass is 9.97. The van der Waals surface area contributed by atoms with Crippen LogP contribution in [-0.2, 0) is 11.2 Å². The van der Waals surface area contributed by atoms with Gasteiger partial charge in [-0.05, 0) is 24.3 Å². The van der Waals surface area contributed by atoms with Crippen molar-refractivity contribution < 1.29 is 4.74 Å². The lowest BCUT2D eigenvalue weighted by Gasteiger charge is -2.26. The highest BCUT2D eigenvalue weighted by Gasteiger charge is 2.24. The third-order valence-electron chi connectivity index (χ3n) is 2.52. The molecule has 2 rings (SSSR count). The van der Waals surface area contributed by atoms with Gasteiger partial charge in [-0.15, -0.1) is 22.9 Å². The molecular weight excluding hydrogens is 239 g/mol. The third kappa shape index (κ3) is 2.43. The molecule has 0 spiro atoms. The predicted octanol–water partition coefficient (Wildman–Crippen LogP) is 3.59. The Kier molecular flexibility index (Phi) is 3.72. The van der Waals surface area contributed by atoms with Gasteiger partial charge in [0.1, 0.15) is 0 Å². The van der Waals surface area contributed by atoms with E-state index in [4.69, 9.17) is 27.9 Å². The quantitative estimate of drug-likeness (QED) is 0.730. The van der Waals surface area contributed by atoms with E-state index in [1.165, 1.54) is 4.88 Å². The van der Waals surface area contributed by atoms with Crippen LogP contribution in [0.2, 0.25) is 5.02 Å². The molecule has 1 aromatic heterocycles. The molecule has 0 radical (unpaired) electrons. The van der Waals surface area contributed by atoms with Crippen LogP contribution in [0.1, 0.15) is 11.3 Å². The van der Waals surface area contributed by atoms with Crippen molar-refractivity contribution in [3.63, 3.8) is 0 Å². The fraction of sp³-hybridized carbons (Fsp3) is 0.600. The van der Waals surface area contributed by atoms with Gasteiger partial charge in [0.2, 0.25) is 0 Å². The van der Waals surface area contributed by atoms with Crippen molar-refractivity contribution in [1.82, 2.24) is 0 Å². The van der Waals surface area contributed by atoms with E-state index in [0.29, 0.717) is 5.92 Å². The summed E-state index contributed by atoms with van der Waals surface area (Å²) in [6.07, 6.45) is 1.90. The smallest absolute Gasteiger partial charge is 0.0545 e. The van der Waals surface area contributed by atoms with Crippen LogP contribution < -0.4 is 0 Å². The number of halogens is 2. The number of ether oxygens (including phenoxy) is 1. The van der Waals surface area contributed by atoms with Crippen molar-refractivity contribution in [2.24, 2.45) is 5.92 Å². The molecule has 2 unspecified atom stereocenters. The molecule has 1 saturated heterocycles. The maximum atomic E-state index is 6.23. The van der Waals surface area contributed by atoms with Crippen molar-refractivity contribution >= 4 is 34.5 Å². The predicted molar refractivity (Wildman–Crippen MR) is 61.6 cm³/mol. The van der Waals surface area contributed by atoms with Crippen LogP contribution in [-0.4, -0.2) is 18.6 Å². The molecule has 0 amide bonds. The Morgan fingerprint density at radius 1 is 1.57 bits per heavy atom. The summed E-state index contributed by atoms with van der Waals surface area (Å²) >= 11 is 14.0. The van der Waals surface area contributed by atoms with E-state index in [1.54, 1.807) is 11.3 Å². The second kappa shape index (κ2) is 4.84. The Morgan fingerprint density at radius 2 is 2.43 bits per heavy atom. The van der Waals surface area contributed by atoms with Gasteiger partial charge in [0, 0.05) is 22.8 Å². The molecule has 1 aromatic rings. The Labute approximate surface area is 98.0 Å². The molecule has 2 atom stereocenters. The second-order valence-electron chi connectivity index (χ2n) is 3.54. The van der Waals surface area contributed by atoms with Crippen LogP contribution in [0.5, 0.6) is 0 Å². The van der Waals surface area contributed by atoms with Crippen LogP contribution in [0.25, 0.3) is 0 Å². The zero-order chi connectivity index (χ0) is 9.97. The minimum Gasteiger partial charge on any atom is -0.381 e. The van der Waals surface area contributed by atoms with Gasteiger partial charge in [-0.3, -0.25) is 0 Å². The van der Waals surface area contributed by atoms with Gasteiger partial charge in [-0.2, -0.15) is 0 Å². The van der Waals surface area contributed by atoms with Crippen LogP contribution in [0.3, 0.4) is 0 Å². The molecular formula is C10H12Cl2OS. The normalized spacial score (nSPS) is 27.9. The first-order chi connectivity index (χ1) is 6.77. The number of hydrogen-bond acceptors (Lipinski definition) is 2. The summed E-state index contributed by atoms with van der Waals surface area (Å²) in [5, 5.41) is 3.12. The first-order valence-electron chi connectivity index (χ1n) is 4.71. The van der Waals surface area contributed by atoms with Crippen LogP contribution in [0.15, 0.2) is 11.4 Å². The first kappa shape index (κ1) is 10.7. The zero-order valence-electron chi connectivity index (χ0n) is 7.71. The average Bonchev–Trinajstić information content (AvgIpc) is 2.56. The van der Waals surface area contributed by atoms with Crippen molar-refractivity contribution in [3.05, 3.63) is 21.3 Å². The van der Waals surface area contributed by atoms with Crippen LogP contribution in [0, 0.1) is 5.92 Å². The van der Waals surface area contributed by atoms with Crippen molar-refractivity contribution in [2.45, 2.75) is 18.2 Å². The molecule has 1 aliphatic heterocycles. The SMILES string of the molecule is Clc1ccsc1CC1COCCC1Cl. The summed E-state index contributed by atoms with van der Waals surface area (Å²) in [4.78, 5) is 1.23. The summed E-state index contributed by atoms with van der Waals surface area (Å²) in [7, 11) is 0. The van der Waals surface area contributed by atoms with E-state index in [2.05, 4.69) is 0 Å². The zero-order valence-corrected chi connectivity index (χ0v) is 10.0. The summed E-state index contributed by atoms with van der Waals surface area (Å²) in [5.41, 5.74) is 0. The van der Waals surface area contributed by atoms with E-state index in [0.717, 1.165) is 31.1 Å². The fourth-order valence-corrected chi connectivity index (χ4v) is 3.13. The molecule has 78 valence electrons. The number of hydrogen-bond donors (Lipinski definition) is 0. The molecule has 14 heavy (non-hydrogen) atoms. The van der Waals surface area contributed by atoms with Crippen molar-refractivity contribution in [3.8, 4) is 0 Å². The fourth-order valence-electron chi connectivity index (χ4n) is 1.67. The van der Waals surface area contributed by atoms with Gasteiger partial charge in [-0.1, -0.05) is 11.6 Å². The maximum Gasteiger partial charge on any atom is 0.0545 e. The summed E-state index contributed by atoms with van der Waals surface area (Å²) in [5.74, 6) is 0.418. The molecule has 0 saturated carbocycles. The standard InChI is InChI=1S/C10H12Cl2OS/c11-8-1-3-13-6-7(8)5-10-9(12)2-4-14-10/h2,4,7-8H,1,3,5-6H2. The Balaban J connectivity index is 1.99. The topological polar surface area (TPSA) is 9.23 Å². The highest BCUT2D eigenvalue weighted by molar-refractivity contribution is 7.10. The largest absolute Gasteiger partial charge is 0.381 e. The summed E-state index contributed by atoms with van der Waals surface area (Å²) < 4.78 is 5.42. The number of thiophene rings is 1. The summed E-state index contributed by atoms with van der Waals surface area (Å²) in [6, 6.07) is 1.94. The minimum absolute atomic E-state index is 0.238. The summed E-state index contributed by atoms with van der Waals surface area (Å²) in [6.45, 7) is 1.56. The van der Waals surface area contributed by atoms with E-state index < -0.39 is 0 Å².